The van der Waals surface area contributed by atoms with Crippen molar-refractivity contribution >= 4 is 16.9 Å². The Kier molecular flexibility index (Phi) is 4.23. The Labute approximate surface area is 151 Å². The zero-order valence-corrected chi connectivity index (χ0v) is 14.4. The lowest BCUT2D eigenvalue weighted by molar-refractivity contribution is 0.0602. The van der Waals surface area contributed by atoms with Gasteiger partial charge in [-0.3, -0.25) is 4.98 Å². The highest BCUT2D eigenvalue weighted by molar-refractivity contribution is 6.03. The monoisotopic (exact) mass is 342 g/mol. The standard InChI is InChI=1S/C22H18N2O2/c1-26-22(25)20-9-5-8-17-12-13-24(21(17)20)15-19-11-10-18(14-23-19)16-6-3-2-4-7-16/h2-14H,15H2,1H3. The average Bonchev–Trinajstić information content (AvgIpc) is 3.11. The summed E-state index contributed by atoms with van der Waals surface area (Å²) in [7, 11) is 1.40. The Morgan fingerprint density at radius 3 is 2.54 bits per heavy atom. The van der Waals surface area contributed by atoms with Gasteiger partial charge < -0.3 is 9.30 Å². The van der Waals surface area contributed by atoms with E-state index in [2.05, 4.69) is 23.2 Å². The van der Waals surface area contributed by atoms with Crippen LogP contribution in [0, 0.1) is 0 Å². The molecule has 0 unspecified atom stereocenters. The van der Waals surface area contributed by atoms with Crippen LogP contribution in [0.15, 0.2) is 79.1 Å². The van der Waals surface area contributed by atoms with Gasteiger partial charge >= 0.3 is 5.97 Å². The fourth-order valence-electron chi connectivity index (χ4n) is 3.16. The van der Waals surface area contributed by atoms with E-state index in [1.54, 1.807) is 6.07 Å². The molecule has 128 valence electrons. The van der Waals surface area contributed by atoms with E-state index in [1.807, 2.05) is 59.4 Å². The first-order valence-corrected chi connectivity index (χ1v) is 8.43. The van der Waals surface area contributed by atoms with Gasteiger partial charge in [-0.05, 0) is 23.8 Å². The molecule has 0 N–H and O–H groups in total. The lowest BCUT2D eigenvalue weighted by atomic mass is 10.1. The molecule has 2 aromatic carbocycles. The molecule has 0 saturated heterocycles. The topological polar surface area (TPSA) is 44.1 Å². The molecule has 0 spiro atoms. The minimum Gasteiger partial charge on any atom is -0.465 e. The highest BCUT2D eigenvalue weighted by atomic mass is 16.5. The number of carbonyl (C=O) groups excluding carboxylic acids is 1. The number of aromatic nitrogens is 2. The van der Waals surface area contributed by atoms with Gasteiger partial charge in [0.15, 0.2) is 0 Å². The second-order valence-electron chi connectivity index (χ2n) is 6.08. The fourth-order valence-corrected chi connectivity index (χ4v) is 3.16. The normalized spacial score (nSPS) is 10.8. The number of ether oxygens (including phenoxy) is 1. The second-order valence-corrected chi connectivity index (χ2v) is 6.08. The van der Waals surface area contributed by atoms with E-state index in [9.17, 15) is 4.79 Å². The molecule has 0 aliphatic heterocycles. The van der Waals surface area contributed by atoms with Crippen LogP contribution in [-0.4, -0.2) is 22.6 Å². The molecular formula is C22H18N2O2. The molecule has 0 radical (unpaired) electrons. The van der Waals surface area contributed by atoms with Crippen molar-refractivity contribution < 1.29 is 9.53 Å². The molecule has 4 aromatic rings. The minimum absolute atomic E-state index is 0.331. The van der Waals surface area contributed by atoms with E-state index in [0.29, 0.717) is 12.1 Å². The molecule has 0 aliphatic rings. The molecule has 0 aliphatic carbocycles. The van der Waals surface area contributed by atoms with Gasteiger partial charge in [0.05, 0.1) is 30.4 Å². The van der Waals surface area contributed by atoms with Gasteiger partial charge in [-0.1, -0.05) is 48.5 Å². The molecular weight excluding hydrogens is 324 g/mol. The number of methoxy groups -OCH3 is 1. The maximum Gasteiger partial charge on any atom is 0.340 e. The molecule has 4 heteroatoms. The lowest BCUT2D eigenvalue weighted by Gasteiger charge is -2.09. The van der Waals surface area contributed by atoms with E-state index in [0.717, 1.165) is 27.7 Å². The number of para-hydroxylation sites is 1. The third kappa shape index (κ3) is 2.97. The Balaban J connectivity index is 1.66. The summed E-state index contributed by atoms with van der Waals surface area (Å²) < 4.78 is 6.95. The van der Waals surface area contributed by atoms with E-state index in [-0.39, 0.29) is 5.97 Å². The molecule has 2 heterocycles. The van der Waals surface area contributed by atoms with Crippen molar-refractivity contribution in [3.63, 3.8) is 0 Å². The van der Waals surface area contributed by atoms with Gasteiger partial charge in [0.2, 0.25) is 0 Å². The molecule has 26 heavy (non-hydrogen) atoms. The number of esters is 1. The lowest BCUT2D eigenvalue weighted by Crippen LogP contribution is -2.07. The molecule has 2 aromatic heterocycles. The van der Waals surface area contributed by atoms with Crippen molar-refractivity contribution in [2.24, 2.45) is 0 Å². The quantitative estimate of drug-likeness (QED) is 0.512. The summed E-state index contributed by atoms with van der Waals surface area (Å²) in [5, 5.41) is 1.01. The van der Waals surface area contributed by atoms with Crippen LogP contribution < -0.4 is 0 Å². The van der Waals surface area contributed by atoms with E-state index in [1.165, 1.54) is 7.11 Å². The van der Waals surface area contributed by atoms with Crippen LogP contribution >= 0.6 is 0 Å². The zero-order chi connectivity index (χ0) is 17.9. The van der Waals surface area contributed by atoms with Crippen molar-refractivity contribution in [1.82, 2.24) is 9.55 Å². The summed E-state index contributed by atoms with van der Waals surface area (Å²) in [5.74, 6) is -0.331. The van der Waals surface area contributed by atoms with Crippen LogP contribution in [0.25, 0.3) is 22.0 Å². The maximum absolute atomic E-state index is 12.1. The first kappa shape index (κ1) is 16.1. The zero-order valence-electron chi connectivity index (χ0n) is 14.4. The van der Waals surface area contributed by atoms with Gasteiger partial charge in [-0.25, -0.2) is 4.79 Å². The number of carbonyl (C=O) groups is 1. The predicted octanol–water partition coefficient (Wildman–Crippen LogP) is 4.54. The van der Waals surface area contributed by atoms with Crippen molar-refractivity contribution in [1.29, 1.82) is 0 Å². The molecule has 0 amide bonds. The van der Waals surface area contributed by atoms with Crippen molar-refractivity contribution in [2.75, 3.05) is 7.11 Å². The van der Waals surface area contributed by atoms with Gasteiger partial charge in [0.1, 0.15) is 0 Å². The summed E-state index contributed by atoms with van der Waals surface area (Å²) in [6.07, 6.45) is 3.86. The van der Waals surface area contributed by atoms with Gasteiger partial charge in [0, 0.05) is 23.3 Å². The Hall–Kier alpha value is -3.40. The third-order valence-corrected chi connectivity index (χ3v) is 4.46. The Morgan fingerprint density at radius 1 is 0.962 bits per heavy atom. The molecule has 0 bridgehead atoms. The van der Waals surface area contributed by atoms with Crippen molar-refractivity contribution in [3.8, 4) is 11.1 Å². The number of fused-ring (bicyclic) bond motifs is 1. The summed E-state index contributed by atoms with van der Waals surface area (Å²) in [6.45, 7) is 0.590. The largest absolute Gasteiger partial charge is 0.465 e. The number of hydrogen-bond acceptors (Lipinski definition) is 3. The van der Waals surface area contributed by atoms with E-state index >= 15 is 0 Å². The van der Waals surface area contributed by atoms with E-state index in [4.69, 9.17) is 4.74 Å². The molecule has 0 saturated carbocycles. The maximum atomic E-state index is 12.1. The summed E-state index contributed by atoms with van der Waals surface area (Å²) >= 11 is 0. The van der Waals surface area contributed by atoms with Crippen LogP contribution in [0.1, 0.15) is 16.1 Å². The van der Waals surface area contributed by atoms with Crippen LogP contribution in [0.4, 0.5) is 0 Å². The average molecular weight is 342 g/mol. The number of hydrogen-bond donors (Lipinski definition) is 0. The van der Waals surface area contributed by atoms with E-state index < -0.39 is 0 Å². The molecule has 4 rings (SSSR count). The first-order valence-electron chi connectivity index (χ1n) is 8.43. The van der Waals surface area contributed by atoms with Gasteiger partial charge in [0.25, 0.3) is 0 Å². The highest BCUT2D eigenvalue weighted by Crippen LogP contribution is 2.23. The third-order valence-electron chi connectivity index (χ3n) is 4.46. The number of benzene rings is 2. The van der Waals surface area contributed by atoms with Crippen LogP contribution in [0.3, 0.4) is 0 Å². The summed E-state index contributed by atoms with van der Waals surface area (Å²) in [4.78, 5) is 16.7. The summed E-state index contributed by atoms with van der Waals surface area (Å²) in [5.41, 5.74) is 4.60. The van der Waals surface area contributed by atoms with Crippen molar-refractivity contribution in [2.45, 2.75) is 6.54 Å². The molecule has 0 atom stereocenters. The smallest absolute Gasteiger partial charge is 0.340 e. The van der Waals surface area contributed by atoms with Gasteiger partial charge in [-0.15, -0.1) is 0 Å². The first-order chi connectivity index (χ1) is 12.8. The molecule has 0 fully saturated rings. The van der Waals surface area contributed by atoms with Crippen LogP contribution in [0.5, 0.6) is 0 Å². The Bertz CT molecular complexity index is 1050. The van der Waals surface area contributed by atoms with Crippen molar-refractivity contribution in [3.05, 3.63) is 90.4 Å². The van der Waals surface area contributed by atoms with Crippen LogP contribution in [0.2, 0.25) is 0 Å². The second kappa shape index (κ2) is 6.84. The predicted molar refractivity (Wildman–Crippen MR) is 102 cm³/mol. The number of pyridine rings is 1. The highest BCUT2D eigenvalue weighted by Gasteiger charge is 2.14. The Morgan fingerprint density at radius 2 is 1.81 bits per heavy atom. The molecule has 4 nitrogen and oxygen atoms in total. The summed E-state index contributed by atoms with van der Waals surface area (Å²) in [6, 6.07) is 21.9. The minimum atomic E-state index is -0.331. The SMILES string of the molecule is COC(=O)c1cccc2ccn(Cc3ccc(-c4ccccc4)cn3)c12. The van der Waals surface area contributed by atoms with Gasteiger partial charge in [-0.2, -0.15) is 0 Å². The van der Waals surface area contributed by atoms with Crippen LogP contribution in [-0.2, 0) is 11.3 Å². The number of rotatable bonds is 4. The fraction of sp³-hybridized carbons (Fsp3) is 0.0909. The number of nitrogens with zero attached hydrogens (tertiary/aromatic N) is 2.